The van der Waals surface area contributed by atoms with Gasteiger partial charge in [0.15, 0.2) is 0 Å². The normalized spacial score (nSPS) is 15.6. The number of hydrogen-bond acceptors (Lipinski definition) is 3. The zero-order valence-corrected chi connectivity index (χ0v) is 10.4. The molecule has 5 nitrogen and oxygen atoms in total. The summed E-state index contributed by atoms with van der Waals surface area (Å²) in [6.07, 6.45) is 3.95. The molecule has 0 unspecified atom stereocenters. The lowest BCUT2D eigenvalue weighted by Crippen LogP contribution is -2.20. The standard InChI is InChI=1S/C12H13ClN2O3/c13-10-7-9(15(17)18)5-6-11(10)14-12(16)8-3-1-2-4-8/h5-8H,1-4H2,(H,14,16). The van der Waals surface area contributed by atoms with Crippen molar-refractivity contribution in [3.63, 3.8) is 0 Å². The van der Waals surface area contributed by atoms with E-state index in [1.165, 1.54) is 18.2 Å². The third-order valence-electron chi connectivity index (χ3n) is 3.15. The van der Waals surface area contributed by atoms with Gasteiger partial charge in [0.25, 0.3) is 5.69 Å². The Kier molecular flexibility index (Phi) is 3.81. The van der Waals surface area contributed by atoms with Crippen LogP contribution in [-0.2, 0) is 4.79 Å². The molecule has 1 fully saturated rings. The first kappa shape index (κ1) is 12.8. The van der Waals surface area contributed by atoms with Crippen LogP contribution in [0.2, 0.25) is 5.02 Å². The van der Waals surface area contributed by atoms with E-state index in [1.807, 2.05) is 0 Å². The molecule has 0 saturated heterocycles. The summed E-state index contributed by atoms with van der Waals surface area (Å²) in [5, 5.41) is 13.5. The number of rotatable bonds is 3. The van der Waals surface area contributed by atoms with Gasteiger partial charge in [0.1, 0.15) is 0 Å². The molecule has 6 heteroatoms. The number of amides is 1. The van der Waals surface area contributed by atoms with Crippen molar-refractivity contribution in [2.75, 3.05) is 5.32 Å². The molecule has 18 heavy (non-hydrogen) atoms. The number of hydrogen-bond donors (Lipinski definition) is 1. The molecule has 0 heterocycles. The van der Waals surface area contributed by atoms with Crippen LogP contribution < -0.4 is 5.32 Å². The fourth-order valence-electron chi connectivity index (χ4n) is 2.14. The van der Waals surface area contributed by atoms with Crippen molar-refractivity contribution < 1.29 is 9.72 Å². The van der Waals surface area contributed by atoms with E-state index in [1.54, 1.807) is 0 Å². The van der Waals surface area contributed by atoms with Crippen LogP contribution in [0.5, 0.6) is 0 Å². The number of carbonyl (C=O) groups excluding carboxylic acids is 1. The number of halogens is 1. The zero-order chi connectivity index (χ0) is 13.1. The number of carbonyl (C=O) groups is 1. The Hall–Kier alpha value is -1.62. The van der Waals surface area contributed by atoms with Crippen LogP contribution in [0.25, 0.3) is 0 Å². The van der Waals surface area contributed by atoms with Crippen molar-refractivity contribution in [3.8, 4) is 0 Å². The molecule has 1 amide bonds. The quantitative estimate of drug-likeness (QED) is 0.675. The van der Waals surface area contributed by atoms with Crippen molar-refractivity contribution in [1.29, 1.82) is 0 Å². The number of benzene rings is 1. The zero-order valence-electron chi connectivity index (χ0n) is 9.69. The fourth-order valence-corrected chi connectivity index (χ4v) is 2.36. The van der Waals surface area contributed by atoms with Crippen LogP contribution in [0.4, 0.5) is 11.4 Å². The maximum Gasteiger partial charge on any atom is 0.271 e. The minimum Gasteiger partial charge on any atom is -0.325 e. The van der Waals surface area contributed by atoms with E-state index >= 15 is 0 Å². The van der Waals surface area contributed by atoms with Crippen LogP contribution >= 0.6 is 11.6 Å². The number of nitro groups is 1. The first-order valence-electron chi connectivity index (χ1n) is 5.83. The molecule has 0 radical (unpaired) electrons. The van der Waals surface area contributed by atoms with Crippen molar-refractivity contribution in [2.45, 2.75) is 25.7 Å². The van der Waals surface area contributed by atoms with Crippen LogP contribution in [0.3, 0.4) is 0 Å². The van der Waals surface area contributed by atoms with Gasteiger partial charge in [-0.1, -0.05) is 24.4 Å². The lowest BCUT2D eigenvalue weighted by molar-refractivity contribution is -0.384. The molecule has 0 spiro atoms. The van der Waals surface area contributed by atoms with E-state index in [0.29, 0.717) is 5.69 Å². The summed E-state index contributed by atoms with van der Waals surface area (Å²) < 4.78 is 0. The molecular formula is C12H13ClN2O3. The lowest BCUT2D eigenvalue weighted by atomic mass is 10.1. The molecule has 1 N–H and O–H groups in total. The molecule has 96 valence electrons. The van der Waals surface area contributed by atoms with Crippen molar-refractivity contribution >= 4 is 28.9 Å². The van der Waals surface area contributed by atoms with Crippen LogP contribution in [0.1, 0.15) is 25.7 Å². The maximum atomic E-state index is 11.9. The van der Waals surface area contributed by atoms with Gasteiger partial charge in [0, 0.05) is 18.1 Å². The van der Waals surface area contributed by atoms with Gasteiger partial charge in [0.05, 0.1) is 15.6 Å². The summed E-state index contributed by atoms with van der Waals surface area (Å²) in [6, 6.07) is 4.04. The topological polar surface area (TPSA) is 72.2 Å². The molecule has 1 aliphatic carbocycles. The van der Waals surface area contributed by atoms with E-state index in [9.17, 15) is 14.9 Å². The molecule has 1 aromatic rings. The largest absolute Gasteiger partial charge is 0.325 e. The van der Waals surface area contributed by atoms with Gasteiger partial charge in [-0.25, -0.2) is 0 Å². The van der Waals surface area contributed by atoms with Gasteiger partial charge in [-0.3, -0.25) is 14.9 Å². The average molecular weight is 269 g/mol. The second kappa shape index (κ2) is 5.35. The second-order valence-corrected chi connectivity index (χ2v) is 4.80. The van der Waals surface area contributed by atoms with E-state index in [4.69, 9.17) is 11.6 Å². The van der Waals surface area contributed by atoms with E-state index in [2.05, 4.69) is 5.32 Å². The second-order valence-electron chi connectivity index (χ2n) is 4.39. The number of nitrogens with zero attached hydrogens (tertiary/aromatic N) is 1. The van der Waals surface area contributed by atoms with E-state index in [0.717, 1.165) is 25.7 Å². The third-order valence-corrected chi connectivity index (χ3v) is 3.46. The van der Waals surface area contributed by atoms with Gasteiger partial charge >= 0.3 is 0 Å². The molecule has 0 atom stereocenters. The highest BCUT2D eigenvalue weighted by molar-refractivity contribution is 6.34. The number of nitro benzene ring substituents is 1. The van der Waals surface area contributed by atoms with E-state index in [-0.39, 0.29) is 22.5 Å². The average Bonchev–Trinajstić information content (AvgIpc) is 2.85. The van der Waals surface area contributed by atoms with Gasteiger partial charge in [-0.05, 0) is 18.9 Å². The molecule has 0 bridgehead atoms. The molecule has 0 aliphatic heterocycles. The molecule has 2 rings (SSSR count). The molecule has 1 saturated carbocycles. The summed E-state index contributed by atoms with van der Waals surface area (Å²) in [5.41, 5.74) is 0.345. The first-order valence-corrected chi connectivity index (χ1v) is 6.20. The molecule has 1 aliphatic rings. The SMILES string of the molecule is O=C(Nc1ccc([N+](=O)[O-])cc1Cl)C1CCCC1. The van der Waals surface area contributed by atoms with Gasteiger partial charge < -0.3 is 5.32 Å². The van der Waals surface area contributed by atoms with Gasteiger partial charge in [-0.2, -0.15) is 0 Å². The van der Waals surface area contributed by atoms with Crippen LogP contribution in [-0.4, -0.2) is 10.8 Å². The summed E-state index contributed by atoms with van der Waals surface area (Å²) in [7, 11) is 0. The monoisotopic (exact) mass is 268 g/mol. The van der Waals surface area contributed by atoms with Gasteiger partial charge in [0.2, 0.25) is 5.91 Å². The minimum absolute atomic E-state index is 0.0382. The highest BCUT2D eigenvalue weighted by Crippen LogP contribution is 2.29. The number of anilines is 1. The van der Waals surface area contributed by atoms with Crippen LogP contribution in [0.15, 0.2) is 18.2 Å². The molecule has 1 aromatic carbocycles. The van der Waals surface area contributed by atoms with Gasteiger partial charge in [-0.15, -0.1) is 0 Å². The minimum atomic E-state index is -0.519. The predicted octanol–water partition coefficient (Wildman–Crippen LogP) is 3.38. The maximum absolute atomic E-state index is 11.9. The molecular weight excluding hydrogens is 256 g/mol. The summed E-state index contributed by atoms with van der Waals surface area (Å²) >= 11 is 5.91. The predicted molar refractivity (Wildman–Crippen MR) is 68.7 cm³/mol. The Bertz CT molecular complexity index is 484. The molecule has 0 aromatic heterocycles. The number of nitrogens with one attached hydrogen (secondary N) is 1. The van der Waals surface area contributed by atoms with Crippen molar-refractivity contribution in [3.05, 3.63) is 33.3 Å². The Morgan fingerprint density at radius 3 is 2.61 bits per heavy atom. The smallest absolute Gasteiger partial charge is 0.271 e. The van der Waals surface area contributed by atoms with Crippen LogP contribution in [0, 0.1) is 16.0 Å². The highest BCUT2D eigenvalue weighted by Gasteiger charge is 2.23. The third kappa shape index (κ3) is 2.79. The summed E-state index contributed by atoms with van der Waals surface area (Å²) in [4.78, 5) is 21.9. The van der Waals surface area contributed by atoms with Crippen molar-refractivity contribution in [2.24, 2.45) is 5.92 Å². The lowest BCUT2D eigenvalue weighted by Gasteiger charge is -2.11. The Morgan fingerprint density at radius 2 is 2.06 bits per heavy atom. The van der Waals surface area contributed by atoms with E-state index < -0.39 is 4.92 Å². The highest BCUT2D eigenvalue weighted by atomic mass is 35.5. The van der Waals surface area contributed by atoms with Crippen molar-refractivity contribution in [1.82, 2.24) is 0 Å². The fraction of sp³-hybridized carbons (Fsp3) is 0.417. The first-order chi connectivity index (χ1) is 8.58. The summed E-state index contributed by atoms with van der Waals surface area (Å²) in [5.74, 6) is -0.0143. The Labute approximate surface area is 109 Å². The number of non-ortho nitro benzene ring substituents is 1. The summed E-state index contributed by atoms with van der Waals surface area (Å²) in [6.45, 7) is 0. The Morgan fingerprint density at radius 1 is 1.39 bits per heavy atom. The Balaban J connectivity index is 2.09.